The maximum atomic E-state index is 5.72. The van der Waals surface area contributed by atoms with E-state index in [-0.39, 0.29) is 0 Å². The average Bonchev–Trinajstić information content (AvgIpc) is 2.66. The van der Waals surface area contributed by atoms with Crippen molar-refractivity contribution in [2.45, 2.75) is 38.6 Å². The molecule has 2 atom stereocenters. The van der Waals surface area contributed by atoms with E-state index in [0.29, 0.717) is 5.41 Å². The first-order chi connectivity index (χ1) is 7.76. The van der Waals surface area contributed by atoms with Gasteiger partial charge in [-0.15, -0.1) is 0 Å². The predicted octanol–water partition coefficient (Wildman–Crippen LogP) is 1.49. The van der Waals surface area contributed by atoms with Crippen LogP contribution in [0.1, 0.15) is 32.6 Å². The first kappa shape index (κ1) is 12.3. The van der Waals surface area contributed by atoms with Crippen LogP contribution in [0.25, 0.3) is 0 Å². The molecule has 0 spiro atoms. The second kappa shape index (κ2) is 5.48. The summed E-state index contributed by atoms with van der Waals surface area (Å²) < 4.78 is 5.72. The lowest BCUT2D eigenvalue weighted by Crippen LogP contribution is -2.49. The summed E-state index contributed by atoms with van der Waals surface area (Å²) >= 11 is 0. The van der Waals surface area contributed by atoms with E-state index in [1.165, 1.54) is 38.8 Å². The number of rotatable bonds is 4. The molecule has 0 aromatic heterocycles. The van der Waals surface area contributed by atoms with E-state index in [0.717, 1.165) is 25.8 Å². The summed E-state index contributed by atoms with van der Waals surface area (Å²) in [5.74, 6) is 0. The van der Waals surface area contributed by atoms with Gasteiger partial charge in [-0.3, -0.25) is 4.90 Å². The molecule has 1 N–H and O–H groups in total. The van der Waals surface area contributed by atoms with Gasteiger partial charge in [-0.1, -0.05) is 0 Å². The Morgan fingerprint density at radius 3 is 2.88 bits per heavy atom. The van der Waals surface area contributed by atoms with Gasteiger partial charge in [-0.2, -0.15) is 0 Å². The van der Waals surface area contributed by atoms with Gasteiger partial charge >= 0.3 is 0 Å². The van der Waals surface area contributed by atoms with Crippen LogP contribution in [0.2, 0.25) is 0 Å². The minimum Gasteiger partial charge on any atom is -0.381 e. The van der Waals surface area contributed by atoms with Gasteiger partial charge in [-0.25, -0.2) is 0 Å². The average molecular weight is 226 g/mol. The number of ether oxygens (including phenoxy) is 1. The third kappa shape index (κ3) is 2.76. The van der Waals surface area contributed by atoms with Gasteiger partial charge in [-0.05, 0) is 46.2 Å². The van der Waals surface area contributed by atoms with Crippen molar-refractivity contribution in [1.82, 2.24) is 10.2 Å². The van der Waals surface area contributed by atoms with E-state index >= 15 is 0 Å². The van der Waals surface area contributed by atoms with Crippen molar-refractivity contribution in [1.29, 1.82) is 0 Å². The summed E-state index contributed by atoms with van der Waals surface area (Å²) in [5.41, 5.74) is 0.367. The Bertz CT molecular complexity index is 208. The van der Waals surface area contributed by atoms with Gasteiger partial charge in [0.2, 0.25) is 0 Å². The normalized spacial score (nSPS) is 36.8. The molecular weight excluding hydrogens is 200 g/mol. The zero-order valence-corrected chi connectivity index (χ0v) is 10.8. The molecule has 2 heterocycles. The summed E-state index contributed by atoms with van der Waals surface area (Å²) in [5, 5.41) is 3.36. The van der Waals surface area contributed by atoms with Crippen molar-refractivity contribution in [3.63, 3.8) is 0 Å². The first-order valence-corrected chi connectivity index (χ1v) is 6.72. The third-order valence-electron chi connectivity index (χ3n) is 4.18. The largest absolute Gasteiger partial charge is 0.381 e. The van der Waals surface area contributed by atoms with Crippen molar-refractivity contribution in [2.75, 3.05) is 39.9 Å². The minimum absolute atomic E-state index is 0.367. The monoisotopic (exact) mass is 226 g/mol. The van der Waals surface area contributed by atoms with Crippen LogP contribution in [0.15, 0.2) is 0 Å². The van der Waals surface area contributed by atoms with E-state index in [1.54, 1.807) is 0 Å². The molecule has 2 aliphatic rings. The summed E-state index contributed by atoms with van der Waals surface area (Å²) in [7, 11) is 2.06. The molecule has 3 heteroatoms. The fraction of sp³-hybridized carbons (Fsp3) is 1.00. The molecule has 2 unspecified atom stereocenters. The molecule has 2 fully saturated rings. The molecule has 2 rings (SSSR count). The molecule has 0 amide bonds. The fourth-order valence-electron chi connectivity index (χ4n) is 3.26. The van der Waals surface area contributed by atoms with Crippen LogP contribution in [-0.2, 0) is 4.74 Å². The number of hydrogen-bond donors (Lipinski definition) is 1. The smallest absolute Gasteiger partial charge is 0.0546 e. The zero-order chi connectivity index (χ0) is 11.4. The Labute approximate surface area is 99.5 Å². The molecular formula is C13H26N2O. The maximum absolute atomic E-state index is 5.72. The molecule has 0 aromatic rings. The Balaban J connectivity index is 1.95. The van der Waals surface area contributed by atoms with Crippen LogP contribution in [0.3, 0.4) is 0 Å². The van der Waals surface area contributed by atoms with Crippen LogP contribution < -0.4 is 5.32 Å². The third-order valence-corrected chi connectivity index (χ3v) is 4.18. The number of hydrogen-bond acceptors (Lipinski definition) is 3. The van der Waals surface area contributed by atoms with Crippen molar-refractivity contribution >= 4 is 0 Å². The standard InChI is InChI=1S/C13H26N2O/c1-12-5-3-7-15(12)10-13(9-14-2)6-4-8-16-11-13/h12,14H,3-11H2,1-2H3. The number of likely N-dealkylation sites (tertiary alicyclic amines) is 1. The molecule has 0 bridgehead atoms. The summed E-state index contributed by atoms with van der Waals surface area (Å²) in [6.07, 6.45) is 5.29. The van der Waals surface area contributed by atoms with Crippen LogP contribution in [0.4, 0.5) is 0 Å². The van der Waals surface area contributed by atoms with Crippen molar-refractivity contribution in [2.24, 2.45) is 5.41 Å². The SMILES string of the molecule is CNCC1(CN2CCCC2C)CCCOC1. The fourth-order valence-corrected chi connectivity index (χ4v) is 3.26. The van der Waals surface area contributed by atoms with E-state index in [9.17, 15) is 0 Å². The highest BCUT2D eigenvalue weighted by atomic mass is 16.5. The molecule has 0 radical (unpaired) electrons. The quantitative estimate of drug-likeness (QED) is 0.786. The summed E-state index contributed by atoms with van der Waals surface area (Å²) in [4.78, 5) is 2.66. The summed E-state index contributed by atoms with van der Waals surface area (Å²) in [6.45, 7) is 7.86. The van der Waals surface area contributed by atoms with Crippen molar-refractivity contribution < 1.29 is 4.74 Å². The van der Waals surface area contributed by atoms with Crippen LogP contribution in [0, 0.1) is 5.41 Å². The second-order valence-electron chi connectivity index (χ2n) is 5.65. The van der Waals surface area contributed by atoms with Crippen molar-refractivity contribution in [3.05, 3.63) is 0 Å². The predicted molar refractivity (Wildman–Crippen MR) is 66.7 cm³/mol. The Hall–Kier alpha value is -0.120. The molecule has 94 valence electrons. The highest BCUT2D eigenvalue weighted by Crippen LogP contribution is 2.31. The number of nitrogens with zero attached hydrogens (tertiary/aromatic N) is 1. The van der Waals surface area contributed by atoms with Gasteiger partial charge in [0, 0.05) is 31.2 Å². The second-order valence-corrected chi connectivity index (χ2v) is 5.65. The van der Waals surface area contributed by atoms with Crippen LogP contribution in [-0.4, -0.2) is 50.8 Å². The molecule has 16 heavy (non-hydrogen) atoms. The molecule has 2 saturated heterocycles. The van der Waals surface area contributed by atoms with E-state index in [2.05, 4.69) is 24.2 Å². The lowest BCUT2D eigenvalue weighted by molar-refractivity contribution is -0.0263. The topological polar surface area (TPSA) is 24.5 Å². The van der Waals surface area contributed by atoms with Gasteiger partial charge in [0.1, 0.15) is 0 Å². The zero-order valence-electron chi connectivity index (χ0n) is 10.8. The Morgan fingerprint density at radius 2 is 2.31 bits per heavy atom. The lowest BCUT2D eigenvalue weighted by atomic mass is 9.81. The molecule has 0 aromatic carbocycles. The highest BCUT2D eigenvalue weighted by Gasteiger charge is 2.36. The minimum atomic E-state index is 0.367. The van der Waals surface area contributed by atoms with E-state index in [1.807, 2.05) is 0 Å². The Kier molecular flexibility index (Phi) is 4.22. The maximum Gasteiger partial charge on any atom is 0.0546 e. The van der Waals surface area contributed by atoms with Gasteiger partial charge in [0.05, 0.1) is 6.61 Å². The van der Waals surface area contributed by atoms with Gasteiger partial charge < -0.3 is 10.1 Å². The Morgan fingerprint density at radius 1 is 1.44 bits per heavy atom. The molecule has 3 nitrogen and oxygen atoms in total. The number of nitrogens with one attached hydrogen (secondary N) is 1. The molecule has 2 aliphatic heterocycles. The van der Waals surface area contributed by atoms with E-state index in [4.69, 9.17) is 4.74 Å². The summed E-state index contributed by atoms with van der Waals surface area (Å²) in [6, 6.07) is 0.774. The van der Waals surface area contributed by atoms with Crippen LogP contribution in [0.5, 0.6) is 0 Å². The van der Waals surface area contributed by atoms with E-state index < -0.39 is 0 Å². The van der Waals surface area contributed by atoms with Crippen molar-refractivity contribution in [3.8, 4) is 0 Å². The van der Waals surface area contributed by atoms with Gasteiger partial charge in [0.15, 0.2) is 0 Å². The first-order valence-electron chi connectivity index (χ1n) is 6.72. The molecule has 0 saturated carbocycles. The molecule has 0 aliphatic carbocycles. The lowest BCUT2D eigenvalue weighted by Gasteiger charge is -2.41. The van der Waals surface area contributed by atoms with Gasteiger partial charge in [0.25, 0.3) is 0 Å². The van der Waals surface area contributed by atoms with Crippen LogP contribution >= 0.6 is 0 Å². The highest BCUT2D eigenvalue weighted by molar-refractivity contribution is 4.89.